The molecule has 35 heavy (non-hydrogen) atoms. The van der Waals surface area contributed by atoms with Crippen LogP contribution in [0.4, 0.5) is 11.5 Å². The van der Waals surface area contributed by atoms with E-state index < -0.39 is 20.9 Å². The van der Waals surface area contributed by atoms with Gasteiger partial charge in [0.25, 0.3) is 0 Å². The van der Waals surface area contributed by atoms with Gasteiger partial charge in [0.2, 0.25) is 10.0 Å². The molecular formula is C26H26N4O4S. The number of benzene rings is 2. The molecule has 0 bridgehead atoms. The Kier molecular flexibility index (Phi) is 5.97. The molecule has 4 aromatic rings. The van der Waals surface area contributed by atoms with Crippen LogP contribution in [0.2, 0.25) is 0 Å². The van der Waals surface area contributed by atoms with E-state index in [1.54, 1.807) is 32.2 Å². The van der Waals surface area contributed by atoms with Gasteiger partial charge >= 0.3 is 0 Å². The maximum Gasteiger partial charge on any atom is 0.241 e. The Morgan fingerprint density at radius 2 is 1.91 bits per heavy atom. The summed E-state index contributed by atoms with van der Waals surface area (Å²) in [6.07, 6.45) is 4.06. The van der Waals surface area contributed by atoms with Gasteiger partial charge < -0.3 is 15.2 Å². The second kappa shape index (κ2) is 8.96. The van der Waals surface area contributed by atoms with Crippen LogP contribution in [0.25, 0.3) is 21.8 Å². The fourth-order valence-electron chi connectivity index (χ4n) is 4.04. The number of nitrogens with one attached hydrogen (secondary N) is 1. The molecule has 0 amide bonds. The minimum atomic E-state index is -3.45. The van der Waals surface area contributed by atoms with Crippen LogP contribution >= 0.6 is 0 Å². The highest BCUT2D eigenvalue weighted by Crippen LogP contribution is 2.28. The van der Waals surface area contributed by atoms with E-state index in [4.69, 9.17) is 4.74 Å². The third-order valence-corrected chi connectivity index (χ3v) is 8.24. The number of rotatable bonds is 4. The van der Waals surface area contributed by atoms with E-state index in [0.717, 1.165) is 27.5 Å². The Balaban J connectivity index is 1.47. The Morgan fingerprint density at radius 3 is 2.69 bits per heavy atom. The van der Waals surface area contributed by atoms with Gasteiger partial charge in [0, 0.05) is 41.1 Å². The van der Waals surface area contributed by atoms with Crippen LogP contribution in [0.3, 0.4) is 0 Å². The van der Waals surface area contributed by atoms with Crippen LogP contribution in [-0.2, 0) is 14.8 Å². The highest BCUT2D eigenvalue weighted by Gasteiger charge is 2.27. The molecule has 0 spiro atoms. The molecule has 0 atom stereocenters. The van der Waals surface area contributed by atoms with Crippen molar-refractivity contribution in [3.63, 3.8) is 0 Å². The molecule has 1 aliphatic heterocycles. The number of hydrogen-bond acceptors (Lipinski definition) is 7. The number of ether oxygens (including phenoxy) is 1. The highest BCUT2D eigenvalue weighted by molar-refractivity contribution is 7.90. The molecule has 2 aromatic heterocycles. The molecule has 5 rings (SSSR count). The number of anilines is 2. The monoisotopic (exact) mass is 490 g/mol. The van der Waals surface area contributed by atoms with E-state index in [-0.39, 0.29) is 0 Å². The summed E-state index contributed by atoms with van der Waals surface area (Å²) in [6.45, 7) is 4.34. The summed E-state index contributed by atoms with van der Waals surface area (Å²) in [7, 11) is -3.45. The fourth-order valence-corrected chi connectivity index (χ4v) is 5.16. The molecule has 3 heterocycles. The van der Waals surface area contributed by atoms with E-state index in [2.05, 4.69) is 27.1 Å². The summed E-state index contributed by atoms with van der Waals surface area (Å²) in [5.74, 6) is 6.70. The molecule has 0 radical (unpaired) electrons. The van der Waals surface area contributed by atoms with Crippen molar-refractivity contribution in [3.05, 3.63) is 60.6 Å². The molecular weight excluding hydrogens is 464 g/mol. The maximum atomic E-state index is 12.6. The summed E-state index contributed by atoms with van der Waals surface area (Å²) in [4.78, 5) is 8.77. The zero-order chi connectivity index (χ0) is 24.6. The highest BCUT2D eigenvalue weighted by atomic mass is 32.2. The normalized spacial score (nSPS) is 15.8. The molecule has 180 valence electrons. The van der Waals surface area contributed by atoms with Gasteiger partial charge in [0.05, 0.1) is 29.5 Å². The summed E-state index contributed by atoms with van der Waals surface area (Å²) >= 11 is 0. The topological polar surface area (TPSA) is 106 Å². The van der Waals surface area contributed by atoms with Crippen molar-refractivity contribution in [1.29, 1.82) is 0 Å². The smallest absolute Gasteiger partial charge is 0.241 e. The first-order chi connectivity index (χ1) is 16.7. The molecule has 2 aromatic carbocycles. The standard InChI is InChI=1S/C26H26N4O4S/c1-18(2)35(32,33)30-12-8-20-16-21(4-6-24(20)30)29-25-22-15-19(3-5-23(22)27-17-28-25)7-9-26(31)10-13-34-14-11-26/h3-6,8,12,15-18,31H,10-11,13-14H2,1-2H3,(H,27,28,29). The van der Waals surface area contributed by atoms with Crippen LogP contribution in [0.1, 0.15) is 32.3 Å². The van der Waals surface area contributed by atoms with Crippen molar-refractivity contribution >= 4 is 43.3 Å². The van der Waals surface area contributed by atoms with Crippen LogP contribution in [0.5, 0.6) is 0 Å². The summed E-state index contributed by atoms with van der Waals surface area (Å²) in [5, 5.41) is 15.0. The third-order valence-electron chi connectivity index (χ3n) is 6.18. The SMILES string of the molecule is CC(C)S(=O)(=O)n1ccc2cc(Nc3ncnc4ccc(C#CC5(O)CCOCC5)cc34)ccc21. The lowest BCUT2D eigenvalue weighted by Gasteiger charge is -2.26. The predicted molar refractivity (Wildman–Crippen MR) is 136 cm³/mol. The number of aromatic nitrogens is 3. The van der Waals surface area contributed by atoms with Gasteiger partial charge in [-0.1, -0.05) is 11.8 Å². The lowest BCUT2D eigenvalue weighted by atomic mass is 9.95. The molecule has 2 N–H and O–H groups in total. The summed E-state index contributed by atoms with van der Waals surface area (Å²) in [5.41, 5.74) is 1.87. The molecule has 0 unspecified atom stereocenters. The van der Waals surface area contributed by atoms with Gasteiger partial charge in [-0.2, -0.15) is 0 Å². The average Bonchev–Trinajstić information content (AvgIpc) is 3.27. The molecule has 1 aliphatic rings. The van der Waals surface area contributed by atoms with Crippen molar-refractivity contribution in [1.82, 2.24) is 13.9 Å². The summed E-state index contributed by atoms with van der Waals surface area (Å²) in [6, 6.07) is 12.9. The van der Waals surface area contributed by atoms with Gasteiger partial charge in [-0.25, -0.2) is 22.4 Å². The van der Waals surface area contributed by atoms with E-state index >= 15 is 0 Å². The van der Waals surface area contributed by atoms with Gasteiger partial charge in [0.1, 0.15) is 17.7 Å². The number of fused-ring (bicyclic) bond motifs is 2. The van der Waals surface area contributed by atoms with Crippen molar-refractivity contribution in [2.45, 2.75) is 37.5 Å². The van der Waals surface area contributed by atoms with Crippen LogP contribution < -0.4 is 5.32 Å². The molecule has 0 saturated carbocycles. The summed E-state index contributed by atoms with van der Waals surface area (Å²) < 4.78 is 31.9. The van der Waals surface area contributed by atoms with Crippen molar-refractivity contribution in [2.75, 3.05) is 18.5 Å². The van der Waals surface area contributed by atoms with E-state index in [1.165, 1.54) is 10.3 Å². The first-order valence-corrected chi connectivity index (χ1v) is 13.0. The minimum absolute atomic E-state index is 0.492. The second-order valence-electron chi connectivity index (χ2n) is 8.95. The Bertz CT molecular complexity index is 1580. The second-order valence-corrected chi connectivity index (χ2v) is 11.3. The maximum absolute atomic E-state index is 12.6. The van der Waals surface area contributed by atoms with Crippen LogP contribution in [0, 0.1) is 11.8 Å². The minimum Gasteiger partial charge on any atom is -0.381 e. The van der Waals surface area contributed by atoms with E-state index in [9.17, 15) is 13.5 Å². The fraction of sp³-hybridized carbons (Fsp3) is 0.308. The molecule has 8 nitrogen and oxygen atoms in total. The van der Waals surface area contributed by atoms with Crippen molar-refractivity contribution in [2.24, 2.45) is 0 Å². The van der Waals surface area contributed by atoms with Gasteiger partial charge in [-0.05, 0) is 56.3 Å². The van der Waals surface area contributed by atoms with E-state index in [1.807, 2.05) is 30.3 Å². The molecule has 1 fully saturated rings. The lowest BCUT2D eigenvalue weighted by molar-refractivity contribution is -0.0261. The third kappa shape index (κ3) is 4.60. The predicted octanol–water partition coefficient (Wildman–Crippen LogP) is 3.81. The van der Waals surface area contributed by atoms with Gasteiger partial charge in [-0.3, -0.25) is 0 Å². The zero-order valence-electron chi connectivity index (χ0n) is 19.5. The Hall–Kier alpha value is -3.45. The molecule has 0 aliphatic carbocycles. The van der Waals surface area contributed by atoms with Crippen LogP contribution in [-0.4, -0.2) is 51.5 Å². The number of nitrogens with zero attached hydrogens (tertiary/aromatic N) is 3. The number of aliphatic hydroxyl groups is 1. The largest absolute Gasteiger partial charge is 0.381 e. The first-order valence-electron chi connectivity index (χ1n) is 11.5. The average molecular weight is 491 g/mol. The van der Waals surface area contributed by atoms with Crippen molar-refractivity contribution < 1.29 is 18.3 Å². The van der Waals surface area contributed by atoms with Crippen LogP contribution in [0.15, 0.2) is 55.0 Å². The Labute approximate surface area is 204 Å². The number of hydrogen-bond donors (Lipinski definition) is 2. The molecule has 9 heteroatoms. The first kappa shape index (κ1) is 23.3. The zero-order valence-corrected chi connectivity index (χ0v) is 20.3. The van der Waals surface area contributed by atoms with Gasteiger partial charge in [-0.15, -0.1) is 0 Å². The molecule has 1 saturated heterocycles. The van der Waals surface area contributed by atoms with Gasteiger partial charge in [0.15, 0.2) is 0 Å². The van der Waals surface area contributed by atoms with Crippen molar-refractivity contribution in [3.8, 4) is 11.8 Å². The lowest BCUT2D eigenvalue weighted by Crippen LogP contribution is -2.34. The quantitative estimate of drug-likeness (QED) is 0.419. The Morgan fingerprint density at radius 1 is 1.11 bits per heavy atom. The van der Waals surface area contributed by atoms with E-state index in [0.29, 0.717) is 37.4 Å².